The van der Waals surface area contributed by atoms with Crippen LogP contribution in [-0.4, -0.2) is 44.1 Å². The first-order chi connectivity index (χ1) is 14.9. The van der Waals surface area contributed by atoms with Crippen LogP contribution in [0.4, 0.5) is 5.69 Å². The number of anilines is 1. The number of nitrogens with zero attached hydrogens (tertiary/aromatic N) is 3. The maximum absolute atomic E-state index is 13.4. The van der Waals surface area contributed by atoms with E-state index in [9.17, 15) is 13.2 Å². The summed E-state index contributed by atoms with van der Waals surface area (Å²) in [7, 11) is -2.51. The van der Waals surface area contributed by atoms with Crippen LogP contribution in [0.2, 0.25) is 0 Å². The number of benzene rings is 2. The molecule has 3 aromatic rings. The molecule has 1 amide bonds. The second kappa shape index (κ2) is 10.1. The van der Waals surface area contributed by atoms with E-state index in [1.807, 2.05) is 23.8 Å². The molecule has 0 aliphatic carbocycles. The topological polar surface area (TPSA) is 93.5 Å². The molecule has 0 unspecified atom stereocenters. The molecular weight excluding hydrogens is 416 g/mol. The number of ether oxygens (including phenoxy) is 1. The van der Waals surface area contributed by atoms with E-state index in [1.54, 1.807) is 42.9 Å². The van der Waals surface area contributed by atoms with Gasteiger partial charge in [-0.05, 0) is 43.2 Å². The number of amides is 1. The maximum atomic E-state index is 13.4. The zero-order valence-electron chi connectivity index (χ0n) is 17.6. The number of carbonyl (C=O) groups excluding carboxylic acids is 1. The summed E-state index contributed by atoms with van der Waals surface area (Å²) in [6, 6.07) is 13.3. The van der Waals surface area contributed by atoms with Gasteiger partial charge >= 0.3 is 0 Å². The summed E-state index contributed by atoms with van der Waals surface area (Å²) in [5.74, 6) is -0.0216. The standard InChI is InChI=1S/C22H26N4O4S/c1-18-9-10-21(30-2)20(15-18)26(31(28,29)19-7-4-3-5-8-19)16-22(27)24-11-6-13-25-14-12-23-17-25/h3-5,7-10,12,14-15,17H,6,11,13,16H2,1-2H3,(H,24,27). The Hall–Kier alpha value is -3.33. The number of imidazole rings is 1. The molecule has 8 nitrogen and oxygen atoms in total. The molecule has 31 heavy (non-hydrogen) atoms. The van der Waals surface area contributed by atoms with Gasteiger partial charge in [0.25, 0.3) is 10.0 Å². The number of hydrogen-bond acceptors (Lipinski definition) is 5. The molecule has 9 heteroatoms. The van der Waals surface area contributed by atoms with E-state index in [0.717, 1.165) is 9.87 Å². The molecule has 0 saturated heterocycles. The largest absolute Gasteiger partial charge is 0.495 e. The van der Waals surface area contributed by atoms with Gasteiger partial charge in [-0.2, -0.15) is 0 Å². The highest BCUT2D eigenvalue weighted by atomic mass is 32.2. The zero-order valence-corrected chi connectivity index (χ0v) is 18.4. The molecule has 2 aromatic carbocycles. The second-order valence-corrected chi connectivity index (χ2v) is 8.87. The van der Waals surface area contributed by atoms with Crippen molar-refractivity contribution in [2.75, 3.05) is 24.5 Å². The van der Waals surface area contributed by atoms with E-state index in [0.29, 0.717) is 30.9 Å². The van der Waals surface area contributed by atoms with Gasteiger partial charge in [0, 0.05) is 25.5 Å². The Kier molecular flexibility index (Phi) is 7.30. The monoisotopic (exact) mass is 442 g/mol. The summed E-state index contributed by atoms with van der Waals surface area (Å²) in [5, 5.41) is 2.80. The molecule has 0 atom stereocenters. The number of methoxy groups -OCH3 is 1. The van der Waals surface area contributed by atoms with Gasteiger partial charge in [0.15, 0.2) is 0 Å². The Morgan fingerprint density at radius 2 is 1.97 bits per heavy atom. The molecule has 0 radical (unpaired) electrons. The van der Waals surface area contributed by atoms with Crippen molar-refractivity contribution >= 4 is 21.6 Å². The molecule has 1 N–H and O–H groups in total. The molecule has 0 spiro atoms. The average Bonchev–Trinajstić information content (AvgIpc) is 3.29. The van der Waals surface area contributed by atoms with Crippen molar-refractivity contribution in [2.24, 2.45) is 0 Å². The van der Waals surface area contributed by atoms with E-state index < -0.39 is 15.9 Å². The van der Waals surface area contributed by atoms with Crippen LogP contribution in [-0.2, 0) is 21.4 Å². The number of carbonyl (C=O) groups is 1. The van der Waals surface area contributed by atoms with Crippen molar-refractivity contribution in [1.82, 2.24) is 14.9 Å². The molecule has 3 rings (SSSR count). The lowest BCUT2D eigenvalue weighted by molar-refractivity contribution is -0.119. The van der Waals surface area contributed by atoms with Crippen LogP contribution >= 0.6 is 0 Å². The van der Waals surface area contributed by atoms with Gasteiger partial charge in [-0.3, -0.25) is 9.10 Å². The molecule has 0 aliphatic rings. The lowest BCUT2D eigenvalue weighted by Crippen LogP contribution is -2.41. The highest BCUT2D eigenvalue weighted by molar-refractivity contribution is 7.92. The van der Waals surface area contributed by atoms with Gasteiger partial charge in [-0.25, -0.2) is 13.4 Å². The third kappa shape index (κ3) is 5.64. The lowest BCUT2D eigenvalue weighted by Gasteiger charge is -2.26. The van der Waals surface area contributed by atoms with Crippen LogP contribution in [0.3, 0.4) is 0 Å². The van der Waals surface area contributed by atoms with Crippen molar-refractivity contribution in [3.63, 3.8) is 0 Å². The van der Waals surface area contributed by atoms with Gasteiger partial charge < -0.3 is 14.6 Å². The van der Waals surface area contributed by atoms with Crippen molar-refractivity contribution in [3.05, 3.63) is 72.8 Å². The minimum Gasteiger partial charge on any atom is -0.495 e. The number of rotatable bonds is 10. The Balaban J connectivity index is 1.81. The first-order valence-electron chi connectivity index (χ1n) is 9.86. The van der Waals surface area contributed by atoms with Crippen LogP contribution in [0.15, 0.2) is 72.1 Å². The van der Waals surface area contributed by atoms with E-state index in [4.69, 9.17) is 4.74 Å². The van der Waals surface area contributed by atoms with Crippen molar-refractivity contribution in [1.29, 1.82) is 0 Å². The summed E-state index contributed by atoms with van der Waals surface area (Å²) in [6.45, 7) is 2.62. The predicted octanol–water partition coefficient (Wildman–Crippen LogP) is 2.60. The summed E-state index contributed by atoms with van der Waals surface area (Å²) in [6.07, 6.45) is 5.95. The molecule has 0 saturated carbocycles. The van der Waals surface area contributed by atoms with Crippen LogP contribution < -0.4 is 14.4 Å². The fourth-order valence-corrected chi connectivity index (χ4v) is 4.55. The first-order valence-corrected chi connectivity index (χ1v) is 11.3. The number of aryl methyl sites for hydroxylation is 2. The Morgan fingerprint density at radius 1 is 1.19 bits per heavy atom. The molecule has 1 aromatic heterocycles. The molecule has 0 fully saturated rings. The normalized spacial score (nSPS) is 11.2. The maximum Gasteiger partial charge on any atom is 0.264 e. The van der Waals surface area contributed by atoms with Gasteiger partial charge in [0.1, 0.15) is 12.3 Å². The van der Waals surface area contributed by atoms with E-state index in [-0.39, 0.29) is 11.4 Å². The molecule has 164 valence electrons. The quantitative estimate of drug-likeness (QED) is 0.487. The van der Waals surface area contributed by atoms with E-state index >= 15 is 0 Å². The number of nitrogens with one attached hydrogen (secondary N) is 1. The number of aromatic nitrogens is 2. The van der Waals surface area contributed by atoms with Crippen molar-refractivity contribution in [3.8, 4) is 5.75 Å². The molecular formula is C22H26N4O4S. The fraction of sp³-hybridized carbons (Fsp3) is 0.273. The smallest absolute Gasteiger partial charge is 0.264 e. The van der Waals surface area contributed by atoms with Crippen molar-refractivity contribution in [2.45, 2.75) is 24.8 Å². The van der Waals surface area contributed by atoms with Crippen molar-refractivity contribution < 1.29 is 17.9 Å². The van der Waals surface area contributed by atoms with Gasteiger partial charge in [-0.15, -0.1) is 0 Å². The van der Waals surface area contributed by atoms with Crippen LogP contribution in [0, 0.1) is 6.92 Å². The number of sulfonamides is 1. The highest BCUT2D eigenvalue weighted by Crippen LogP contribution is 2.33. The zero-order chi connectivity index (χ0) is 22.3. The molecule has 0 bridgehead atoms. The fourth-order valence-electron chi connectivity index (χ4n) is 3.11. The summed E-state index contributed by atoms with van der Waals surface area (Å²) in [4.78, 5) is 16.8. The number of hydrogen-bond donors (Lipinski definition) is 1. The Labute approximate surface area is 182 Å². The highest BCUT2D eigenvalue weighted by Gasteiger charge is 2.29. The minimum atomic E-state index is -3.98. The molecule has 0 aliphatic heterocycles. The van der Waals surface area contributed by atoms with E-state index in [1.165, 1.54) is 19.2 Å². The molecule has 1 heterocycles. The second-order valence-electron chi connectivity index (χ2n) is 7.00. The Morgan fingerprint density at radius 3 is 2.65 bits per heavy atom. The van der Waals surface area contributed by atoms with E-state index in [2.05, 4.69) is 10.3 Å². The Bertz CT molecular complexity index is 1100. The lowest BCUT2D eigenvalue weighted by atomic mass is 10.2. The summed E-state index contributed by atoms with van der Waals surface area (Å²) < 4.78 is 35.2. The van der Waals surface area contributed by atoms with Gasteiger partial charge in [-0.1, -0.05) is 24.3 Å². The predicted molar refractivity (Wildman–Crippen MR) is 119 cm³/mol. The minimum absolute atomic E-state index is 0.103. The average molecular weight is 443 g/mol. The van der Waals surface area contributed by atoms with Crippen LogP contribution in [0.25, 0.3) is 0 Å². The SMILES string of the molecule is COc1ccc(C)cc1N(CC(=O)NCCCn1ccnc1)S(=O)(=O)c1ccccc1. The van der Waals surface area contributed by atoms with Gasteiger partial charge in [0.2, 0.25) is 5.91 Å². The van der Waals surface area contributed by atoms with Crippen LogP contribution in [0.1, 0.15) is 12.0 Å². The summed E-state index contributed by atoms with van der Waals surface area (Å²) >= 11 is 0. The summed E-state index contributed by atoms with van der Waals surface area (Å²) in [5.41, 5.74) is 1.17. The van der Waals surface area contributed by atoms with Gasteiger partial charge in [0.05, 0.1) is 24.0 Å². The third-order valence-corrected chi connectivity index (χ3v) is 6.47. The third-order valence-electron chi connectivity index (χ3n) is 4.70. The first kappa shape index (κ1) is 22.4. The van der Waals surface area contributed by atoms with Crippen LogP contribution in [0.5, 0.6) is 5.75 Å².